The summed E-state index contributed by atoms with van der Waals surface area (Å²) in [5.74, 6) is 0.540. The summed E-state index contributed by atoms with van der Waals surface area (Å²) in [6.45, 7) is 9.28. The van der Waals surface area contributed by atoms with Gasteiger partial charge in [0.25, 0.3) is 0 Å². The van der Waals surface area contributed by atoms with Crippen molar-refractivity contribution in [2.45, 2.75) is 32.6 Å². The molecular formula is C16H22N2O2SSi. The lowest BCUT2D eigenvalue weighted by molar-refractivity contribution is 0.167. The summed E-state index contributed by atoms with van der Waals surface area (Å²) in [5.41, 5.74) is 2.26. The Morgan fingerprint density at radius 1 is 1.27 bits per heavy atom. The molecule has 2 rings (SSSR count). The molecule has 1 aromatic heterocycles. The predicted octanol–water partition coefficient (Wildman–Crippen LogP) is 5.01. The molecule has 0 aliphatic heterocycles. The molecule has 0 saturated heterocycles. The number of carbonyl (C=O) groups excluding carboxylic acids is 1. The highest BCUT2D eigenvalue weighted by Gasteiger charge is 2.14. The van der Waals surface area contributed by atoms with Gasteiger partial charge in [-0.1, -0.05) is 49.5 Å². The number of thiazole rings is 1. The van der Waals surface area contributed by atoms with E-state index >= 15 is 0 Å². The van der Waals surface area contributed by atoms with Gasteiger partial charge in [-0.25, -0.2) is 9.78 Å². The standard InChI is InChI=1S/C16H22N2O2SSi/c1-12-5-7-13(8-6-12)15-17-14(11-21-15)18-16(19)20-9-10-22(2,3)4/h5-8,11H,9-10H2,1-4H3,(H,18,19). The quantitative estimate of drug-likeness (QED) is 0.782. The van der Waals surface area contributed by atoms with E-state index in [2.05, 4.69) is 49.0 Å². The first kappa shape index (κ1) is 16.7. The summed E-state index contributed by atoms with van der Waals surface area (Å²) in [6, 6.07) is 9.13. The van der Waals surface area contributed by atoms with Gasteiger partial charge in [-0.3, -0.25) is 5.32 Å². The number of nitrogens with one attached hydrogen (secondary N) is 1. The molecule has 0 bridgehead atoms. The molecule has 22 heavy (non-hydrogen) atoms. The maximum Gasteiger partial charge on any atom is 0.412 e. The highest BCUT2D eigenvalue weighted by molar-refractivity contribution is 7.13. The molecular weight excluding hydrogens is 312 g/mol. The summed E-state index contributed by atoms with van der Waals surface area (Å²) in [6.07, 6.45) is -0.431. The topological polar surface area (TPSA) is 51.2 Å². The molecule has 1 aromatic carbocycles. The van der Waals surface area contributed by atoms with E-state index in [1.54, 1.807) is 0 Å². The van der Waals surface area contributed by atoms with E-state index in [9.17, 15) is 4.79 Å². The van der Waals surface area contributed by atoms with Gasteiger partial charge in [-0.15, -0.1) is 11.3 Å². The number of ether oxygens (including phenoxy) is 1. The Kier molecular flexibility index (Phi) is 5.36. The number of hydrogen-bond acceptors (Lipinski definition) is 4. The summed E-state index contributed by atoms with van der Waals surface area (Å²) < 4.78 is 5.20. The van der Waals surface area contributed by atoms with Crippen LogP contribution in [0.2, 0.25) is 25.7 Å². The van der Waals surface area contributed by atoms with Gasteiger partial charge in [-0.05, 0) is 13.0 Å². The molecule has 1 N–H and O–H groups in total. The molecule has 2 aromatic rings. The first-order valence-electron chi connectivity index (χ1n) is 7.30. The number of anilines is 1. The van der Waals surface area contributed by atoms with Crippen LogP contribution in [0.25, 0.3) is 10.6 Å². The summed E-state index contributed by atoms with van der Waals surface area (Å²) in [7, 11) is -1.18. The number of carbonyl (C=O) groups is 1. The molecule has 0 spiro atoms. The van der Waals surface area contributed by atoms with Crippen LogP contribution in [0.1, 0.15) is 5.56 Å². The largest absolute Gasteiger partial charge is 0.450 e. The SMILES string of the molecule is Cc1ccc(-c2nc(NC(=O)OCC[Si](C)(C)C)cs2)cc1. The number of amides is 1. The third-order valence-electron chi connectivity index (χ3n) is 3.12. The molecule has 1 heterocycles. The Morgan fingerprint density at radius 3 is 2.59 bits per heavy atom. The smallest absolute Gasteiger partial charge is 0.412 e. The Labute approximate surface area is 136 Å². The third-order valence-corrected chi connectivity index (χ3v) is 5.71. The van der Waals surface area contributed by atoms with Gasteiger partial charge in [-0.2, -0.15) is 0 Å². The van der Waals surface area contributed by atoms with Gasteiger partial charge in [0, 0.05) is 19.0 Å². The Hall–Kier alpha value is -1.66. The zero-order valence-electron chi connectivity index (χ0n) is 13.5. The van der Waals surface area contributed by atoms with Crippen molar-refractivity contribution in [2.24, 2.45) is 0 Å². The fourth-order valence-electron chi connectivity index (χ4n) is 1.75. The number of aromatic nitrogens is 1. The average molecular weight is 335 g/mol. The first-order chi connectivity index (χ1) is 10.3. The van der Waals surface area contributed by atoms with Crippen molar-refractivity contribution in [3.63, 3.8) is 0 Å². The maximum atomic E-state index is 11.7. The van der Waals surface area contributed by atoms with Crippen molar-refractivity contribution in [3.05, 3.63) is 35.2 Å². The van der Waals surface area contributed by atoms with E-state index in [4.69, 9.17) is 4.74 Å². The van der Waals surface area contributed by atoms with Crippen molar-refractivity contribution in [1.82, 2.24) is 4.98 Å². The molecule has 0 fully saturated rings. The van der Waals surface area contributed by atoms with E-state index in [1.807, 2.05) is 17.5 Å². The van der Waals surface area contributed by atoms with Gasteiger partial charge in [0.2, 0.25) is 0 Å². The highest BCUT2D eigenvalue weighted by Crippen LogP contribution is 2.26. The van der Waals surface area contributed by atoms with E-state index in [1.165, 1.54) is 16.9 Å². The fraction of sp³-hybridized carbons (Fsp3) is 0.375. The molecule has 0 aliphatic rings. The molecule has 0 radical (unpaired) electrons. The number of nitrogens with zero attached hydrogens (tertiary/aromatic N) is 1. The van der Waals surface area contributed by atoms with Crippen LogP contribution in [0.3, 0.4) is 0 Å². The monoisotopic (exact) mass is 334 g/mol. The van der Waals surface area contributed by atoms with Crippen molar-refractivity contribution in [3.8, 4) is 10.6 Å². The predicted molar refractivity (Wildman–Crippen MR) is 95.4 cm³/mol. The van der Waals surface area contributed by atoms with Crippen LogP contribution in [-0.4, -0.2) is 25.8 Å². The Morgan fingerprint density at radius 2 is 1.95 bits per heavy atom. The molecule has 0 atom stereocenters. The maximum absolute atomic E-state index is 11.7. The minimum Gasteiger partial charge on any atom is -0.450 e. The number of rotatable bonds is 5. The highest BCUT2D eigenvalue weighted by atomic mass is 32.1. The van der Waals surface area contributed by atoms with Crippen molar-refractivity contribution < 1.29 is 9.53 Å². The van der Waals surface area contributed by atoms with Crippen LogP contribution >= 0.6 is 11.3 Å². The van der Waals surface area contributed by atoms with Crippen LogP contribution in [0.5, 0.6) is 0 Å². The molecule has 118 valence electrons. The van der Waals surface area contributed by atoms with Gasteiger partial charge in [0.05, 0.1) is 6.61 Å². The minimum absolute atomic E-state index is 0.431. The first-order valence-corrected chi connectivity index (χ1v) is 11.9. The minimum atomic E-state index is -1.18. The van der Waals surface area contributed by atoms with Crippen LogP contribution in [-0.2, 0) is 4.74 Å². The Bertz CT molecular complexity index is 632. The van der Waals surface area contributed by atoms with Gasteiger partial charge >= 0.3 is 6.09 Å². The number of benzene rings is 1. The van der Waals surface area contributed by atoms with Crippen LogP contribution < -0.4 is 5.32 Å². The lowest BCUT2D eigenvalue weighted by atomic mass is 10.2. The Balaban J connectivity index is 1.89. The molecule has 4 nitrogen and oxygen atoms in total. The molecule has 6 heteroatoms. The zero-order chi connectivity index (χ0) is 16.2. The molecule has 0 saturated carbocycles. The van der Waals surface area contributed by atoms with Gasteiger partial charge < -0.3 is 4.74 Å². The summed E-state index contributed by atoms with van der Waals surface area (Å²) in [5, 5.41) is 5.40. The van der Waals surface area contributed by atoms with Crippen LogP contribution in [0.15, 0.2) is 29.6 Å². The normalized spacial score (nSPS) is 11.3. The molecule has 0 aliphatic carbocycles. The average Bonchev–Trinajstić information content (AvgIpc) is 2.86. The second-order valence-electron chi connectivity index (χ2n) is 6.48. The number of aryl methyl sites for hydroxylation is 1. The summed E-state index contributed by atoms with van der Waals surface area (Å²) >= 11 is 1.50. The second kappa shape index (κ2) is 7.06. The molecule has 1 amide bonds. The van der Waals surface area contributed by atoms with Crippen LogP contribution in [0, 0.1) is 6.92 Å². The second-order valence-corrected chi connectivity index (χ2v) is 13.0. The van der Waals surface area contributed by atoms with E-state index < -0.39 is 14.2 Å². The lowest BCUT2D eigenvalue weighted by Gasteiger charge is -2.15. The van der Waals surface area contributed by atoms with Gasteiger partial charge in [0.1, 0.15) is 10.8 Å². The van der Waals surface area contributed by atoms with Crippen molar-refractivity contribution >= 4 is 31.3 Å². The van der Waals surface area contributed by atoms with Crippen molar-refractivity contribution in [2.75, 3.05) is 11.9 Å². The van der Waals surface area contributed by atoms with E-state index in [0.717, 1.165) is 16.6 Å². The van der Waals surface area contributed by atoms with Crippen LogP contribution in [0.4, 0.5) is 10.6 Å². The number of hydrogen-bond donors (Lipinski definition) is 1. The molecule has 0 unspecified atom stereocenters. The fourth-order valence-corrected chi connectivity index (χ4v) is 3.22. The zero-order valence-corrected chi connectivity index (χ0v) is 15.3. The lowest BCUT2D eigenvalue weighted by Crippen LogP contribution is -2.24. The third kappa shape index (κ3) is 5.27. The van der Waals surface area contributed by atoms with Gasteiger partial charge in [0.15, 0.2) is 0 Å². The summed E-state index contributed by atoms with van der Waals surface area (Å²) in [4.78, 5) is 16.2. The van der Waals surface area contributed by atoms with Crippen molar-refractivity contribution in [1.29, 1.82) is 0 Å². The van der Waals surface area contributed by atoms with E-state index in [-0.39, 0.29) is 0 Å². The van der Waals surface area contributed by atoms with E-state index in [0.29, 0.717) is 12.4 Å².